The molecule has 0 aromatic carbocycles. The molecule has 1 N–H and O–H groups in total. The molecule has 7 heteroatoms. The van der Waals surface area contributed by atoms with Crippen LogP contribution in [0.5, 0.6) is 0 Å². The number of Topliss-reactive ketones (excluding diaryl/α,β-unsaturated/α-hetero) is 1. The van der Waals surface area contributed by atoms with Crippen molar-refractivity contribution in [3.8, 4) is 0 Å². The summed E-state index contributed by atoms with van der Waals surface area (Å²) in [5.74, 6) is -1.02. The van der Waals surface area contributed by atoms with Gasteiger partial charge in [0.2, 0.25) is 0 Å². The zero-order chi connectivity index (χ0) is 23.8. The van der Waals surface area contributed by atoms with Gasteiger partial charge < -0.3 is 19.5 Å². The van der Waals surface area contributed by atoms with E-state index in [1.165, 1.54) is 7.11 Å². The van der Waals surface area contributed by atoms with E-state index in [1.807, 2.05) is 25.9 Å². The Morgan fingerprint density at radius 1 is 1.25 bits per heavy atom. The van der Waals surface area contributed by atoms with E-state index in [4.69, 9.17) is 9.47 Å². The molecule has 3 saturated carbocycles. The minimum atomic E-state index is -1.09. The third kappa shape index (κ3) is 4.14. The lowest BCUT2D eigenvalue weighted by Crippen LogP contribution is -2.63. The van der Waals surface area contributed by atoms with Gasteiger partial charge in [0.05, 0.1) is 18.6 Å². The van der Waals surface area contributed by atoms with Crippen molar-refractivity contribution in [2.24, 2.45) is 34.5 Å². The Kier molecular flexibility index (Phi) is 7.20. The Labute approximate surface area is 191 Å². The predicted octanol–water partition coefficient (Wildman–Crippen LogP) is 2.61. The molecule has 3 aliphatic carbocycles. The number of rotatable bonds is 5. The number of ether oxygens (including phenoxy) is 2. The van der Waals surface area contributed by atoms with Crippen LogP contribution in [-0.4, -0.2) is 68.2 Å². The number of allylic oxidation sites excluding steroid dienone is 1. The molecule has 7 atom stereocenters. The quantitative estimate of drug-likeness (QED) is 0.509. The van der Waals surface area contributed by atoms with Gasteiger partial charge in [0.1, 0.15) is 12.4 Å². The first-order valence-corrected chi connectivity index (χ1v) is 11.8. The number of fused-ring (bicyclic) bond motifs is 3. The normalized spacial score (nSPS) is 40.6. The fourth-order valence-corrected chi connectivity index (χ4v) is 6.84. The van der Waals surface area contributed by atoms with Gasteiger partial charge in [-0.15, -0.1) is 0 Å². The summed E-state index contributed by atoms with van der Waals surface area (Å²) < 4.78 is 10.4. The van der Waals surface area contributed by atoms with Gasteiger partial charge in [0.15, 0.2) is 0 Å². The van der Waals surface area contributed by atoms with Crippen LogP contribution < -0.4 is 0 Å². The highest BCUT2D eigenvalue weighted by Crippen LogP contribution is 2.64. The van der Waals surface area contributed by atoms with Crippen molar-refractivity contribution >= 4 is 17.7 Å². The second-order valence-electron chi connectivity index (χ2n) is 10.7. The maximum absolute atomic E-state index is 13.4. The number of likely N-dealkylation sites (N-methyl/N-ethyl adjacent to an activating group) is 1. The SMILES string of the molecule is COC(=O)[C@]1(C)[C@@H]2CC(=O)[C@@H]3[C@@H](C)C(=CC(=O)OCCN(C)C)CC[C@@H]3[C@@]2(C)CC[C@@H]1O. The molecule has 0 unspecified atom stereocenters. The fraction of sp³-hybridized carbons (Fsp3) is 0.800. The Morgan fingerprint density at radius 3 is 2.56 bits per heavy atom. The van der Waals surface area contributed by atoms with E-state index < -0.39 is 17.5 Å². The molecule has 3 aliphatic rings. The number of aliphatic hydroxyl groups excluding tert-OH is 1. The van der Waals surface area contributed by atoms with Gasteiger partial charge >= 0.3 is 11.9 Å². The second-order valence-corrected chi connectivity index (χ2v) is 10.7. The summed E-state index contributed by atoms with van der Waals surface area (Å²) in [4.78, 5) is 40.5. The molecule has 7 nitrogen and oxygen atoms in total. The second kappa shape index (κ2) is 9.26. The Balaban J connectivity index is 1.84. The smallest absolute Gasteiger partial charge is 0.330 e. The van der Waals surface area contributed by atoms with Crippen molar-refractivity contribution in [3.05, 3.63) is 11.6 Å². The predicted molar refractivity (Wildman–Crippen MR) is 120 cm³/mol. The summed E-state index contributed by atoms with van der Waals surface area (Å²) in [5.41, 5.74) is -0.354. The first-order valence-electron chi connectivity index (χ1n) is 11.8. The third-order valence-electron chi connectivity index (χ3n) is 8.81. The van der Waals surface area contributed by atoms with Crippen LogP contribution in [0.4, 0.5) is 0 Å². The summed E-state index contributed by atoms with van der Waals surface area (Å²) >= 11 is 0. The summed E-state index contributed by atoms with van der Waals surface area (Å²) in [7, 11) is 5.19. The molecule has 0 heterocycles. The maximum Gasteiger partial charge on any atom is 0.330 e. The minimum Gasteiger partial charge on any atom is -0.469 e. The topological polar surface area (TPSA) is 93.1 Å². The standard InChI is InChI=1S/C25H39NO6/c1-15-16(13-21(29)32-12-11-26(4)5)7-8-17-22(15)18(27)14-19-24(17,2)10-9-20(28)25(19,3)23(30)31-6/h13,15,17,19-20,22,28H,7-12,14H2,1-6H3/t15-,17-,19+,20-,22+,24+,25+/m0/s1. The van der Waals surface area contributed by atoms with Crippen molar-refractivity contribution in [1.29, 1.82) is 0 Å². The molecule has 0 spiro atoms. The van der Waals surface area contributed by atoms with Crippen LogP contribution in [0.1, 0.15) is 52.9 Å². The number of carbonyl (C=O) groups excluding carboxylic acids is 3. The number of nitrogens with zero attached hydrogens (tertiary/aromatic N) is 1. The molecule has 0 aliphatic heterocycles. The molecule has 32 heavy (non-hydrogen) atoms. The van der Waals surface area contributed by atoms with Crippen molar-refractivity contribution in [1.82, 2.24) is 4.90 Å². The Morgan fingerprint density at radius 2 is 1.94 bits per heavy atom. The molecule has 0 bridgehead atoms. The average Bonchev–Trinajstić information content (AvgIpc) is 2.73. The maximum atomic E-state index is 13.4. The number of aliphatic hydroxyl groups is 1. The summed E-state index contributed by atoms with van der Waals surface area (Å²) in [6.07, 6.45) is 3.84. The van der Waals surface area contributed by atoms with Gasteiger partial charge in [-0.2, -0.15) is 0 Å². The van der Waals surface area contributed by atoms with Crippen molar-refractivity contribution in [2.75, 3.05) is 34.4 Å². The summed E-state index contributed by atoms with van der Waals surface area (Å²) in [6.45, 7) is 6.99. The first kappa shape index (κ1) is 24.9. The summed E-state index contributed by atoms with van der Waals surface area (Å²) in [6, 6.07) is 0. The van der Waals surface area contributed by atoms with Crippen LogP contribution in [0.15, 0.2) is 11.6 Å². The molecule has 3 fully saturated rings. The van der Waals surface area contributed by atoms with Gasteiger partial charge in [-0.05, 0) is 69.9 Å². The van der Waals surface area contributed by atoms with Crippen LogP contribution in [0.2, 0.25) is 0 Å². The molecule has 180 valence electrons. The molecule has 0 aromatic rings. The zero-order valence-corrected chi connectivity index (χ0v) is 20.3. The first-order chi connectivity index (χ1) is 15.0. The highest BCUT2D eigenvalue weighted by Gasteiger charge is 2.65. The van der Waals surface area contributed by atoms with Gasteiger partial charge in [0.25, 0.3) is 0 Å². The molecular weight excluding hydrogens is 410 g/mol. The molecule has 0 amide bonds. The molecule has 0 radical (unpaired) electrons. The van der Waals surface area contributed by atoms with Crippen LogP contribution in [0, 0.1) is 34.5 Å². The van der Waals surface area contributed by atoms with Gasteiger partial charge in [-0.3, -0.25) is 9.59 Å². The Bertz CT molecular complexity index is 791. The molecule has 0 saturated heterocycles. The number of hydrogen-bond donors (Lipinski definition) is 1. The number of carbonyl (C=O) groups is 3. The average molecular weight is 450 g/mol. The van der Waals surface area contributed by atoms with Crippen molar-refractivity contribution in [2.45, 2.75) is 59.0 Å². The van der Waals surface area contributed by atoms with Gasteiger partial charge in [-0.1, -0.05) is 19.4 Å². The largest absolute Gasteiger partial charge is 0.469 e. The zero-order valence-electron chi connectivity index (χ0n) is 20.3. The number of esters is 2. The minimum absolute atomic E-state index is 0.0448. The molecule has 3 rings (SSSR count). The monoisotopic (exact) mass is 449 g/mol. The van der Waals surface area contributed by atoms with E-state index in [1.54, 1.807) is 13.0 Å². The Hall–Kier alpha value is -1.73. The van der Waals surface area contributed by atoms with E-state index in [9.17, 15) is 19.5 Å². The molecular formula is C25H39NO6. The van der Waals surface area contributed by atoms with E-state index >= 15 is 0 Å². The van der Waals surface area contributed by atoms with Gasteiger partial charge in [0, 0.05) is 25.0 Å². The van der Waals surface area contributed by atoms with Crippen molar-refractivity contribution in [3.63, 3.8) is 0 Å². The number of methoxy groups -OCH3 is 1. The highest BCUT2D eigenvalue weighted by molar-refractivity contribution is 5.87. The number of hydrogen-bond acceptors (Lipinski definition) is 7. The van der Waals surface area contributed by atoms with Crippen LogP contribution in [0.3, 0.4) is 0 Å². The van der Waals surface area contributed by atoms with Gasteiger partial charge in [-0.25, -0.2) is 4.79 Å². The molecule has 0 aromatic heterocycles. The lowest BCUT2D eigenvalue weighted by molar-refractivity contribution is -0.197. The van der Waals surface area contributed by atoms with Crippen LogP contribution in [0.25, 0.3) is 0 Å². The van der Waals surface area contributed by atoms with E-state index in [0.717, 1.165) is 24.8 Å². The fourth-order valence-electron chi connectivity index (χ4n) is 6.84. The summed E-state index contributed by atoms with van der Waals surface area (Å²) in [5, 5.41) is 10.8. The van der Waals surface area contributed by atoms with E-state index in [0.29, 0.717) is 19.6 Å². The number of ketones is 1. The van der Waals surface area contributed by atoms with Crippen LogP contribution in [-0.2, 0) is 23.9 Å². The third-order valence-corrected chi connectivity index (χ3v) is 8.81. The lowest BCUT2D eigenvalue weighted by atomic mass is 9.42. The van der Waals surface area contributed by atoms with Crippen LogP contribution >= 0.6 is 0 Å². The van der Waals surface area contributed by atoms with E-state index in [-0.39, 0.29) is 47.3 Å². The van der Waals surface area contributed by atoms with Crippen molar-refractivity contribution < 1.29 is 29.0 Å². The lowest BCUT2D eigenvalue weighted by Gasteiger charge is -2.61. The van der Waals surface area contributed by atoms with E-state index in [2.05, 4.69) is 6.92 Å². The highest BCUT2D eigenvalue weighted by atomic mass is 16.5.